The fourth-order valence-electron chi connectivity index (χ4n) is 3.98. The van der Waals surface area contributed by atoms with Crippen LogP contribution >= 0.6 is 0 Å². The SMILES string of the molecule is C1=CC2CC1C(c1ccccc1)C2C1OCCO1. The molecule has 2 bridgehead atoms. The quantitative estimate of drug-likeness (QED) is 0.742. The van der Waals surface area contributed by atoms with Gasteiger partial charge in [0.2, 0.25) is 0 Å². The van der Waals surface area contributed by atoms with Gasteiger partial charge in [0.15, 0.2) is 6.29 Å². The van der Waals surface area contributed by atoms with Gasteiger partial charge < -0.3 is 9.47 Å². The summed E-state index contributed by atoms with van der Waals surface area (Å²) in [6.45, 7) is 1.51. The molecule has 1 aliphatic heterocycles. The third-order valence-electron chi connectivity index (χ3n) is 4.67. The lowest BCUT2D eigenvalue weighted by Gasteiger charge is -2.31. The highest BCUT2D eigenvalue weighted by atomic mass is 16.7. The molecule has 0 amide bonds. The van der Waals surface area contributed by atoms with Crippen LogP contribution in [0.1, 0.15) is 17.9 Å². The minimum absolute atomic E-state index is 0.00940. The van der Waals surface area contributed by atoms with Gasteiger partial charge in [-0.1, -0.05) is 42.5 Å². The summed E-state index contributed by atoms with van der Waals surface area (Å²) in [5.74, 6) is 2.40. The van der Waals surface area contributed by atoms with Gasteiger partial charge in [-0.3, -0.25) is 0 Å². The molecule has 2 fully saturated rings. The normalized spacial score (nSPS) is 38.7. The summed E-state index contributed by atoms with van der Waals surface area (Å²) in [4.78, 5) is 0. The predicted octanol–water partition coefficient (Wildman–Crippen LogP) is 2.97. The third kappa shape index (κ3) is 1.56. The molecule has 1 saturated heterocycles. The first-order valence-electron chi connectivity index (χ1n) is 6.90. The summed E-state index contributed by atoms with van der Waals surface area (Å²) in [6, 6.07) is 10.9. The van der Waals surface area contributed by atoms with Gasteiger partial charge in [-0.2, -0.15) is 0 Å². The zero-order valence-corrected chi connectivity index (χ0v) is 10.4. The maximum Gasteiger partial charge on any atom is 0.161 e. The fourth-order valence-corrected chi connectivity index (χ4v) is 3.98. The Kier molecular flexibility index (Phi) is 2.52. The molecular weight excluding hydrogens is 224 g/mol. The number of allylic oxidation sites excluding steroid dienone is 2. The van der Waals surface area contributed by atoms with E-state index in [1.807, 2.05) is 0 Å². The van der Waals surface area contributed by atoms with E-state index in [0.717, 1.165) is 13.2 Å². The van der Waals surface area contributed by atoms with Crippen LogP contribution in [0.15, 0.2) is 42.5 Å². The van der Waals surface area contributed by atoms with E-state index < -0.39 is 0 Å². The lowest BCUT2D eigenvalue weighted by atomic mass is 9.78. The highest BCUT2D eigenvalue weighted by Crippen LogP contribution is 2.55. The number of hydrogen-bond acceptors (Lipinski definition) is 2. The second-order valence-corrected chi connectivity index (χ2v) is 5.57. The Morgan fingerprint density at radius 1 is 0.889 bits per heavy atom. The van der Waals surface area contributed by atoms with E-state index >= 15 is 0 Å². The van der Waals surface area contributed by atoms with E-state index in [9.17, 15) is 0 Å². The molecule has 4 rings (SSSR count). The topological polar surface area (TPSA) is 18.5 Å². The van der Waals surface area contributed by atoms with Crippen LogP contribution < -0.4 is 0 Å². The largest absolute Gasteiger partial charge is 0.350 e. The Morgan fingerprint density at radius 2 is 1.61 bits per heavy atom. The first kappa shape index (κ1) is 10.8. The Bertz CT molecular complexity index is 447. The highest BCUT2D eigenvalue weighted by molar-refractivity contribution is 5.29. The molecule has 4 atom stereocenters. The van der Waals surface area contributed by atoms with E-state index in [-0.39, 0.29) is 6.29 Å². The van der Waals surface area contributed by atoms with E-state index in [1.54, 1.807) is 0 Å². The van der Waals surface area contributed by atoms with Gasteiger partial charge in [0.25, 0.3) is 0 Å². The number of fused-ring (bicyclic) bond motifs is 2. The number of ether oxygens (including phenoxy) is 2. The maximum atomic E-state index is 5.79. The van der Waals surface area contributed by atoms with Crippen molar-refractivity contribution in [1.29, 1.82) is 0 Å². The summed E-state index contributed by atoms with van der Waals surface area (Å²) in [5.41, 5.74) is 1.44. The average molecular weight is 242 g/mol. The molecule has 1 saturated carbocycles. The van der Waals surface area contributed by atoms with E-state index in [0.29, 0.717) is 23.7 Å². The summed E-state index contributed by atoms with van der Waals surface area (Å²) in [5, 5.41) is 0. The predicted molar refractivity (Wildman–Crippen MR) is 69.1 cm³/mol. The van der Waals surface area contributed by atoms with Crippen LogP contribution in [0.25, 0.3) is 0 Å². The van der Waals surface area contributed by atoms with Crippen molar-refractivity contribution in [2.75, 3.05) is 13.2 Å². The number of hydrogen-bond donors (Lipinski definition) is 0. The molecule has 1 heterocycles. The summed E-state index contributed by atoms with van der Waals surface area (Å²) in [6.07, 6.45) is 6.05. The van der Waals surface area contributed by atoms with Gasteiger partial charge in [-0.05, 0) is 29.7 Å². The Labute approximate surface area is 108 Å². The molecular formula is C16H18O2. The molecule has 1 aromatic carbocycles. The van der Waals surface area contributed by atoms with E-state index in [4.69, 9.17) is 9.47 Å². The van der Waals surface area contributed by atoms with Crippen LogP contribution in [0.3, 0.4) is 0 Å². The van der Waals surface area contributed by atoms with Gasteiger partial charge in [-0.15, -0.1) is 0 Å². The van der Waals surface area contributed by atoms with Crippen molar-refractivity contribution in [3.05, 3.63) is 48.0 Å². The average Bonchev–Trinajstić information content (AvgIpc) is 3.15. The van der Waals surface area contributed by atoms with Crippen molar-refractivity contribution in [2.24, 2.45) is 17.8 Å². The van der Waals surface area contributed by atoms with Gasteiger partial charge in [0.05, 0.1) is 13.2 Å². The number of rotatable bonds is 2. The van der Waals surface area contributed by atoms with Crippen molar-refractivity contribution in [1.82, 2.24) is 0 Å². The molecule has 1 aromatic rings. The monoisotopic (exact) mass is 242 g/mol. The summed E-state index contributed by atoms with van der Waals surface area (Å²) in [7, 11) is 0. The lowest BCUT2D eigenvalue weighted by molar-refractivity contribution is -0.0951. The van der Waals surface area contributed by atoms with Gasteiger partial charge in [-0.25, -0.2) is 0 Å². The van der Waals surface area contributed by atoms with Gasteiger partial charge in [0.1, 0.15) is 0 Å². The zero-order chi connectivity index (χ0) is 11.9. The first-order chi connectivity index (χ1) is 8.93. The van der Waals surface area contributed by atoms with E-state index in [2.05, 4.69) is 42.5 Å². The molecule has 4 unspecified atom stereocenters. The van der Waals surface area contributed by atoms with Crippen molar-refractivity contribution in [3.8, 4) is 0 Å². The molecule has 94 valence electrons. The zero-order valence-electron chi connectivity index (χ0n) is 10.4. The van der Waals surface area contributed by atoms with Gasteiger partial charge >= 0.3 is 0 Å². The third-order valence-corrected chi connectivity index (χ3v) is 4.67. The van der Waals surface area contributed by atoms with Crippen molar-refractivity contribution >= 4 is 0 Å². The number of benzene rings is 1. The van der Waals surface area contributed by atoms with Crippen LogP contribution in [0.4, 0.5) is 0 Å². The molecule has 3 aliphatic rings. The van der Waals surface area contributed by atoms with E-state index in [1.165, 1.54) is 12.0 Å². The molecule has 0 aromatic heterocycles. The molecule has 18 heavy (non-hydrogen) atoms. The molecule has 0 spiro atoms. The first-order valence-corrected chi connectivity index (χ1v) is 6.90. The molecule has 2 aliphatic carbocycles. The summed E-state index contributed by atoms with van der Waals surface area (Å²) < 4.78 is 11.6. The van der Waals surface area contributed by atoms with Crippen LogP contribution in [-0.4, -0.2) is 19.5 Å². The van der Waals surface area contributed by atoms with Crippen LogP contribution in [0.2, 0.25) is 0 Å². The van der Waals surface area contributed by atoms with Gasteiger partial charge in [0, 0.05) is 5.92 Å². The smallest absolute Gasteiger partial charge is 0.161 e. The molecule has 2 nitrogen and oxygen atoms in total. The standard InChI is InChI=1S/C16H18O2/c1-2-4-11(5-3-1)14-12-6-7-13(10-12)15(14)16-17-8-9-18-16/h1-7,12-16H,8-10H2. The Morgan fingerprint density at radius 3 is 2.39 bits per heavy atom. The van der Waals surface area contributed by atoms with Crippen molar-refractivity contribution in [3.63, 3.8) is 0 Å². The second-order valence-electron chi connectivity index (χ2n) is 5.57. The molecule has 0 radical (unpaired) electrons. The lowest BCUT2D eigenvalue weighted by Crippen LogP contribution is -2.30. The minimum Gasteiger partial charge on any atom is -0.350 e. The van der Waals surface area contributed by atoms with Crippen LogP contribution in [0, 0.1) is 17.8 Å². The Balaban J connectivity index is 1.69. The minimum atomic E-state index is 0.00940. The van der Waals surface area contributed by atoms with Crippen LogP contribution in [0.5, 0.6) is 0 Å². The van der Waals surface area contributed by atoms with Crippen molar-refractivity contribution < 1.29 is 9.47 Å². The molecule has 0 N–H and O–H groups in total. The highest BCUT2D eigenvalue weighted by Gasteiger charge is 2.50. The van der Waals surface area contributed by atoms with Crippen LogP contribution in [-0.2, 0) is 9.47 Å². The Hall–Kier alpha value is -1.12. The summed E-state index contributed by atoms with van der Waals surface area (Å²) >= 11 is 0. The molecule has 2 heteroatoms. The maximum absolute atomic E-state index is 5.79. The van der Waals surface area contributed by atoms with Crippen molar-refractivity contribution in [2.45, 2.75) is 18.6 Å². The fraction of sp³-hybridized carbons (Fsp3) is 0.500. The second kappa shape index (κ2) is 4.22.